The molecular formula is C51H32N4O. The SMILES string of the molecule is c1ccc(-c2nc(-c3ccccc3)nc(-c3ccc(-c4ccc5c(oc6ccccc65)c4-c4ccc5c6ccccc6n(-c6ccccc6)c5c4)cc3)n2)cc1. The normalized spacial score (nSPS) is 11.6. The number of fused-ring (bicyclic) bond motifs is 6. The van der Waals surface area contributed by atoms with Gasteiger partial charge in [0.2, 0.25) is 0 Å². The van der Waals surface area contributed by atoms with Gasteiger partial charge in [0.1, 0.15) is 11.2 Å². The van der Waals surface area contributed by atoms with Crippen LogP contribution in [0.4, 0.5) is 0 Å². The van der Waals surface area contributed by atoms with E-state index in [1.54, 1.807) is 0 Å². The fraction of sp³-hybridized carbons (Fsp3) is 0. The Morgan fingerprint density at radius 3 is 1.54 bits per heavy atom. The van der Waals surface area contributed by atoms with Gasteiger partial charge in [-0.15, -0.1) is 0 Å². The molecule has 0 saturated carbocycles. The summed E-state index contributed by atoms with van der Waals surface area (Å²) >= 11 is 0. The van der Waals surface area contributed by atoms with E-state index < -0.39 is 0 Å². The van der Waals surface area contributed by atoms with E-state index in [4.69, 9.17) is 19.4 Å². The highest BCUT2D eigenvalue weighted by Gasteiger charge is 2.21. The largest absolute Gasteiger partial charge is 0.455 e. The first-order valence-electron chi connectivity index (χ1n) is 18.8. The summed E-state index contributed by atoms with van der Waals surface area (Å²) in [5, 5.41) is 4.62. The van der Waals surface area contributed by atoms with E-state index in [0.717, 1.165) is 72.1 Å². The van der Waals surface area contributed by atoms with Crippen LogP contribution < -0.4 is 0 Å². The van der Waals surface area contributed by atoms with Gasteiger partial charge in [0.05, 0.1) is 11.0 Å². The Morgan fingerprint density at radius 2 is 0.857 bits per heavy atom. The van der Waals surface area contributed by atoms with E-state index in [1.165, 1.54) is 16.3 Å². The number of hydrogen-bond donors (Lipinski definition) is 0. The Bertz CT molecular complexity index is 3160. The second-order valence-corrected chi connectivity index (χ2v) is 14.0. The van der Waals surface area contributed by atoms with E-state index >= 15 is 0 Å². The Hall–Kier alpha value is -7.63. The van der Waals surface area contributed by atoms with Crippen molar-refractivity contribution in [3.05, 3.63) is 194 Å². The molecule has 56 heavy (non-hydrogen) atoms. The summed E-state index contributed by atoms with van der Waals surface area (Å²) in [7, 11) is 0. The van der Waals surface area contributed by atoms with Crippen LogP contribution in [0.2, 0.25) is 0 Å². The van der Waals surface area contributed by atoms with Crippen molar-refractivity contribution in [2.75, 3.05) is 0 Å². The average Bonchev–Trinajstić information content (AvgIpc) is 3.82. The van der Waals surface area contributed by atoms with Gasteiger partial charge in [0.15, 0.2) is 17.5 Å². The van der Waals surface area contributed by atoms with Crippen molar-refractivity contribution in [1.82, 2.24) is 19.5 Å². The maximum atomic E-state index is 6.76. The molecule has 0 N–H and O–H groups in total. The van der Waals surface area contributed by atoms with Crippen molar-refractivity contribution < 1.29 is 4.42 Å². The molecule has 11 rings (SSSR count). The van der Waals surface area contributed by atoms with Crippen molar-refractivity contribution in [1.29, 1.82) is 0 Å². The lowest BCUT2D eigenvalue weighted by atomic mass is 9.91. The zero-order chi connectivity index (χ0) is 37.0. The first kappa shape index (κ1) is 31.9. The molecule has 5 nitrogen and oxygen atoms in total. The quantitative estimate of drug-likeness (QED) is 0.172. The standard InChI is InChI=1S/C51H32N4O/c1-4-14-34(15-5-1)49-52-50(35-16-6-2-7-17-35)54-51(53-49)36-26-24-33(25-27-36)39-30-31-43-42-21-11-13-23-46(42)56-48(43)47(39)37-28-29-41-40-20-10-12-22-44(40)55(45(41)32-37)38-18-8-3-9-19-38/h1-32H. The van der Waals surface area contributed by atoms with Crippen LogP contribution in [-0.2, 0) is 0 Å². The molecule has 0 aliphatic carbocycles. The predicted molar refractivity (Wildman–Crippen MR) is 229 cm³/mol. The zero-order valence-corrected chi connectivity index (χ0v) is 30.2. The van der Waals surface area contributed by atoms with E-state index in [2.05, 4.69) is 126 Å². The summed E-state index contributed by atoms with van der Waals surface area (Å²) in [4.78, 5) is 14.8. The lowest BCUT2D eigenvalue weighted by molar-refractivity contribution is 0.670. The van der Waals surface area contributed by atoms with Crippen LogP contribution in [0.25, 0.3) is 106 Å². The molecule has 0 aliphatic rings. The second kappa shape index (κ2) is 13.0. The minimum atomic E-state index is 0.622. The molecule has 0 bridgehead atoms. The molecule has 5 heteroatoms. The first-order valence-corrected chi connectivity index (χ1v) is 18.8. The molecule has 0 aliphatic heterocycles. The van der Waals surface area contributed by atoms with Gasteiger partial charge < -0.3 is 8.98 Å². The Kier molecular flexibility index (Phi) is 7.42. The highest BCUT2D eigenvalue weighted by Crippen LogP contribution is 2.44. The number of hydrogen-bond acceptors (Lipinski definition) is 4. The van der Waals surface area contributed by atoms with Gasteiger partial charge in [-0.3, -0.25) is 0 Å². The molecule has 0 atom stereocenters. The van der Waals surface area contributed by atoms with Crippen molar-refractivity contribution in [3.63, 3.8) is 0 Å². The van der Waals surface area contributed by atoms with Crippen LogP contribution in [0, 0.1) is 0 Å². The number of nitrogens with zero attached hydrogens (tertiary/aromatic N) is 4. The maximum Gasteiger partial charge on any atom is 0.164 e. The zero-order valence-electron chi connectivity index (χ0n) is 30.2. The maximum absolute atomic E-state index is 6.76. The van der Waals surface area contributed by atoms with Gasteiger partial charge in [-0.2, -0.15) is 0 Å². The fourth-order valence-electron chi connectivity index (χ4n) is 8.03. The third-order valence-corrected chi connectivity index (χ3v) is 10.7. The van der Waals surface area contributed by atoms with Gasteiger partial charge in [-0.1, -0.05) is 158 Å². The molecule has 0 saturated heterocycles. The van der Waals surface area contributed by atoms with Crippen molar-refractivity contribution in [2.24, 2.45) is 0 Å². The molecule has 11 aromatic rings. The van der Waals surface area contributed by atoms with Gasteiger partial charge in [0.25, 0.3) is 0 Å². The molecule has 3 heterocycles. The minimum Gasteiger partial charge on any atom is -0.455 e. The van der Waals surface area contributed by atoms with Crippen molar-refractivity contribution in [2.45, 2.75) is 0 Å². The van der Waals surface area contributed by atoms with Crippen molar-refractivity contribution >= 4 is 43.7 Å². The van der Waals surface area contributed by atoms with E-state index in [1.807, 2.05) is 72.8 Å². The van der Waals surface area contributed by atoms with Gasteiger partial charge >= 0.3 is 0 Å². The fourth-order valence-corrected chi connectivity index (χ4v) is 8.03. The number of aromatic nitrogens is 4. The molecule has 0 radical (unpaired) electrons. The van der Waals surface area contributed by atoms with Crippen LogP contribution in [0.15, 0.2) is 199 Å². The van der Waals surface area contributed by atoms with Crippen LogP contribution in [-0.4, -0.2) is 19.5 Å². The van der Waals surface area contributed by atoms with Gasteiger partial charge in [0, 0.05) is 49.5 Å². The van der Waals surface area contributed by atoms with Crippen LogP contribution in [0.5, 0.6) is 0 Å². The summed E-state index contributed by atoms with van der Waals surface area (Å²) in [6.07, 6.45) is 0. The molecular weight excluding hydrogens is 685 g/mol. The third kappa shape index (κ3) is 5.29. The lowest BCUT2D eigenvalue weighted by Gasteiger charge is -2.14. The average molecular weight is 717 g/mol. The summed E-state index contributed by atoms with van der Waals surface area (Å²) in [6.45, 7) is 0. The van der Waals surface area contributed by atoms with Gasteiger partial charge in [-0.05, 0) is 53.1 Å². The first-order chi connectivity index (χ1) is 27.8. The Balaban J connectivity index is 1.10. The summed E-state index contributed by atoms with van der Waals surface area (Å²) in [5.41, 5.74) is 12.2. The molecule has 262 valence electrons. The summed E-state index contributed by atoms with van der Waals surface area (Å²) < 4.78 is 9.12. The molecule has 0 amide bonds. The van der Waals surface area contributed by atoms with E-state index in [0.29, 0.717) is 17.5 Å². The van der Waals surface area contributed by atoms with E-state index in [9.17, 15) is 0 Å². The predicted octanol–water partition coefficient (Wildman–Crippen LogP) is 13.2. The second-order valence-electron chi connectivity index (χ2n) is 14.0. The van der Waals surface area contributed by atoms with Crippen molar-refractivity contribution in [3.8, 4) is 62.1 Å². The number of rotatable bonds is 6. The lowest BCUT2D eigenvalue weighted by Crippen LogP contribution is -2.00. The van der Waals surface area contributed by atoms with Gasteiger partial charge in [-0.25, -0.2) is 15.0 Å². The third-order valence-electron chi connectivity index (χ3n) is 10.7. The van der Waals surface area contributed by atoms with Crippen LogP contribution >= 0.6 is 0 Å². The molecule has 8 aromatic carbocycles. The summed E-state index contributed by atoms with van der Waals surface area (Å²) in [5.74, 6) is 1.90. The Morgan fingerprint density at radius 1 is 0.357 bits per heavy atom. The number of para-hydroxylation sites is 3. The smallest absolute Gasteiger partial charge is 0.164 e. The van der Waals surface area contributed by atoms with E-state index in [-0.39, 0.29) is 0 Å². The van der Waals surface area contributed by atoms with Crippen LogP contribution in [0.1, 0.15) is 0 Å². The molecule has 0 fully saturated rings. The molecule has 0 unspecified atom stereocenters. The highest BCUT2D eigenvalue weighted by atomic mass is 16.3. The topological polar surface area (TPSA) is 56.7 Å². The highest BCUT2D eigenvalue weighted by molar-refractivity contribution is 6.15. The number of benzene rings is 8. The molecule has 0 spiro atoms. The number of furan rings is 1. The Labute approximate surface area is 322 Å². The molecule has 3 aromatic heterocycles. The minimum absolute atomic E-state index is 0.622. The van der Waals surface area contributed by atoms with Crippen LogP contribution in [0.3, 0.4) is 0 Å². The monoisotopic (exact) mass is 716 g/mol. The summed E-state index contributed by atoms with van der Waals surface area (Å²) in [6, 6.07) is 67.5.